The molecule has 0 radical (unpaired) electrons. The summed E-state index contributed by atoms with van der Waals surface area (Å²) < 4.78 is 0. The number of nitrogens with two attached hydrogens (primary N) is 1. The van der Waals surface area contributed by atoms with Gasteiger partial charge in [-0.25, -0.2) is 4.98 Å². The van der Waals surface area contributed by atoms with Crippen LogP contribution in [0.2, 0.25) is 0 Å². The minimum atomic E-state index is -0.609. The maximum Gasteiger partial charge on any atom is 0.240 e. The van der Waals surface area contributed by atoms with Gasteiger partial charge in [0, 0.05) is 48.5 Å². The first-order valence-corrected chi connectivity index (χ1v) is 9.81. The van der Waals surface area contributed by atoms with Crippen LogP contribution in [-0.4, -0.2) is 38.3 Å². The highest BCUT2D eigenvalue weighted by Crippen LogP contribution is 2.19. The molecule has 148 valence electrons. The number of nitrogens with one attached hydrogen (secondary N) is 2. The standard InChI is InChI=1S/C23H25N5O/c24-21(12-19-14-25-16-27-19)23(29)28(15-17-6-2-1-3-7-17)11-10-18-13-26-22-9-5-4-8-20(18)22/h1-9,13-14,16,21,26H,10-12,15,24H2,(H,25,27)/t21-/m0/s1. The number of H-pyrrole nitrogens is 2. The molecule has 1 atom stereocenters. The lowest BCUT2D eigenvalue weighted by Gasteiger charge is -2.26. The summed E-state index contributed by atoms with van der Waals surface area (Å²) in [5, 5.41) is 1.20. The van der Waals surface area contributed by atoms with Crippen LogP contribution in [0.1, 0.15) is 16.8 Å². The van der Waals surface area contributed by atoms with Crippen molar-refractivity contribution in [3.8, 4) is 0 Å². The number of para-hydroxylation sites is 1. The van der Waals surface area contributed by atoms with Crippen LogP contribution in [-0.2, 0) is 24.2 Å². The average Bonchev–Trinajstić information content (AvgIpc) is 3.41. The SMILES string of the molecule is N[C@@H](Cc1cnc[nH]1)C(=O)N(CCc1c[nH]c2ccccc12)Cc1ccccc1. The summed E-state index contributed by atoms with van der Waals surface area (Å²) in [7, 11) is 0. The molecule has 0 fully saturated rings. The number of carbonyl (C=O) groups is 1. The van der Waals surface area contributed by atoms with E-state index < -0.39 is 6.04 Å². The number of hydrogen-bond donors (Lipinski definition) is 3. The molecule has 4 aromatic rings. The predicted molar refractivity (Wildman–Crippen MR) is 114 cm³/mol. The van der Waals surface area contributed by atoms with E-state index in [1.807, 2.05) is 53.6 Å². The van der Waals surface area contributed by atoms with E-state index in [0.29, 0.717) is 19.5 Å². The van der Waals surface area contributed by atoms with E-state index in [9.17, 15) is 4.79 Å². The number of rotatable bonds is 8. The second kappa shape index (κ2) is 8.75. The second-order valence-corrected chi connectivity index (χ2v) is 7.24. The smallest absolute Gasteiger partial charge is 0.240 e. The zero-order valence-electron chi connectivity index (χ0n) is 16.2. The maximum atomic E-state index is 13.2. The fourth-order valence-electron chi connectivity index (χ4n) is 3.62. The zero-order valence-corrected chi connectivity index (χ0v) is 16.2. The lowest BCUT2D eigenvalue weighted by molar-refractivity contribution is -0.133. The Morgan fingerprint density at radius 3 is 2.66 bits per heavy atom. The molecular formula is C23H25N5O. The fraction of sp³-hybridized carbons (Fsp3) is 0.217. The van der Waals surface area contributed by atoms with E-state index in [1.165, 1.54) is 10.9 Å². The number of fused-ring (bicyclic) bond motifs is 1. The van der Waals surface area contributed by atoms with E-state index in [-0.39, 0.29) is 5.91 Å². The first-order valence-electron chi connectivity index (χ1n) is 9.81. The van der Waals surface area contributed by atoms with Crippen molar-refractivity contribution < 1.29 is 4.79 Å². The summed E-state index contributed by atoms with van der Waals surface area (Å²) in [6.07, 6.45) is 6.54. The molecule has 0 aliphatic carbocycles. The van der Waals surface area contributed by atoms with E-state index in [1.54, 1.807) is 12.5 Å². The van der Waals surface area contributed by atoms with E-state index in [4.69, 9.17) is 5.73 Å². The summed E-state index contributed by atoms with van der Waals surface area (Å²) in [5.74, 6) is -0.0525. The Labute approximate surface area is 169 Å². The lowest BCUT2D eigenvalue weighted by Crippen LogP contribution is -2.45. The molecule has 6 nitrogen and oxygen atoms in total. The quantitative estimate of drug-likeness (QED) is 0.434. The van der Waals surface area contributed by atoms with Crippen LogP contribution < -0.4 is 5.73 Å². The van der Waals surface area contributed by atoms with Crippen LogP contribution in [0.5, 0.6) is 0 Å². The minimum Gasteiger partial charge on any atom is -0.361 e. The van der Waals surface area contributed by atoms with Crippen molar-refractivity contribution in [1.82, 2.24) is 19.9 Å². The molecule has 0 saturated heterocycles. The van der Waals surface area contributed by atoms with E-state index in [2.05, 4.69) is 27.1 Å². The van der Waals surface area contributed by atoms with Crippen molar-refractivity contribution in [3.05, 3.63) is 90.1 Å². The van der Waals surface area contributed by atoms with Gasteiger partial charge < -0.3 is 20.6 Å². The number of aromatic amines is 2. The topological polar surface area (TPSA) is 90.8 Å². The van der Waals surface area contributed by atoms with Gasteiger partial charge in [0.25, 0.3) is 0 Å². The molecule has 0 bridgehead atoms. The average molecular weight is 387 g/mol. The number of carbonyl (C=O) groups excluding carboxylic acids is 1. The summed E-state index contributed by atoms with van der Waals surface area (Å²) in [6.45, 7) is 1.14. The van der Waals surface area contributed by atoms with Crippen molar-refractivity contribution in [2.45, 2.75) is 25.4 Å². The van der Waals surface area contributed by atoms with Gasteiger partial charge in [0.15, 0.2) is 0 Å². The molecule has 29 heavy (non-hydrogen) atoms. The molecule has 0 spiro atoms. The van der Waals surface area contributed by atoms with Crippen LogP contribution in [0.15, 0.2) is 73.3 Å². The third-order valence-corrected chi connectivity index (χ3v) is 5.17. The molecule has 6 heteroatoms. The van der Waals surface area contributed by atoms with Crippen molar-refractivity contribution >= 4 is 16.8 Å². The van der Waals surface area contributed by atoms with Gasteiger partial charge in [-0.05, 0) is 23.6 Å². The molecule has 0 aliphatic rings. The van der Waals surface area contributed by atoms with Crippen molar-refractivity contribution in [1.29, 1.82) is 0 Å². The number of aromatic nitrogens is 3. The number of hydrogen-bond acceptors (Lipinski definition) is 3. The van der Waals surface area contributed by atoms with Crippen molar-refractivity contribution in [2.75, 3.05) is 6.54 Å². The number of benzene rings is 2. The largest absolute Gasteiger partial charge is 0.361 e. The Hall–Kier alpha value is -3.38. The second-order valence-electron chi connectivity index (χ2n) is 7.24. The summed E-state index contributed by atoms with van der Waals surface area (Å²) in [5.41, 5.74) is 10.5. The fourth-order valence-corrected chi connectivity index (χ4v) is 3.62. The van der Waals surface area contributed by atoms with E-state index >= 15 is 0 Å². The highest BCUT2D eigenvalue weighted by atomic mass is 16.2. The normalized spacial score (nSPS) is 12.2. The van der Waals surface area contributed by atoms with Crippen molar-refractivity contribution in [2.24, 2.45) is 5.73 Å². The number of nitrogens with zero attached hydrogens (tertiary/aromatic N) is 2. The monoisotopic (exact) mass is 387 g/mol. The molecule has 4 N–H and O–H groups in total. The maximum absolute atomic E-state index is 13.2. The molecule has 4 rings (SSSR count). The van der Waals surface area contributed by atoms with Crippen LogP contribution in [0.25, 0.3) is 10.9 Å². The number of imidazole rings is 1. The molecule has 2 heterocycles. The van der Waals surface area contributed by atoms with Gasteiger partial charge in [-0.1, -0.05) is 48.5 Å². The Morgan fingerprint density at radius 2 is 1.86 bits per heavy atom. The minimum absolute atomic E-state index is 0.0525. The molecule has 2 aromatic heterocycles. The van der Waals surface area contributed by atoms with Crippen LogP contribution >= 0.6 is 0 Å². The van der Waals surface area contributed by atoms with Crippen LogP contribution in [0.4, 0.5) is 0 Å². The Balaban J connectivity index is 1.50. The third kappa shape index (κ3) is 4.55. The van der Waals surface area contributed by atoms with Gasteiger partial charge >= 0.3 is 0 Å². The zero-order chi connectivity index (χ0) is 20.1. The molecule has 0 aliphatic heterocycles. The molecular weight excluding hydrogens is 362 g/mol. The predicted octanol–water partition coefficient (Wildman–Crippen LogP) is 3.03. The molecule has 1 amide bonds. The summed E-state index contributed by atoms with van der Waals surface area (Å²) in [4.78, 5) is 25.3. The first kappa shape index (κ1) is 19.0. The highest BCUT2D eigenvalue weighted by Gasteiger charge is 2.22. The van der Waals surface area contributed by atoms with Gasteiger partial charge in [0.1, 0.15) is 0 Å². The summed E-state index contributed by atoms with van der Waals surface area (Å²) in [6, 6.07) is 17.6. The Kier molecular flexibility index (Phi) is 5.72. The van der Waals surface area contributed by atoms with Gasteiger partial charge in [0.2, 0.25) is 5.91 Å². The molecule has 0 saturated carbocycles. The molecule has 2 aromatic carbocycles. The first-order chi connectivity index (χ1) is 14.2. The van der Waals surface area contributed by atoms with Gasteiger partial charge in [-0.3, -0.25) is 4.79 Å². The van der Waals surface area contributed by atoms with Crippen LogP contribution in [0.3, 0.4) is 0 Å². The summed E-state index contributed by atoms with van der Waals surface area (Å²) >= 11 is 0. The van der Waals surface area contributed by atoms with Crippen molar-refractivity contribution in [3.63, 3.8) is 0 Å². The number of amides is 1. The van der Waals surface area contributed by atoms with Crippen LogP contribution in [0, 0.1) is 0 Å². The van der Waals surface area contributed by atoms with Gasteiger partial charge in [0.05, 0.1) is 12.4 Å². The lowest BCUT2D eigenvalue weighted by atomic mass is 10.1. The van der Waals surface area contributed by atoms with E-state index in [0.717, 1.165) is 23.2 Å². The van der Waals surface area contributed by atoms with Gasteiger partial charge in [-0.15, -0.1) is 0 Å². The Bertz CT molecular complexity index is 1060. The third-order valence-electron chi connectivity index (χ3n) is 5.17. The van der Waals surface area contributed by atoms with Gasteiger partial charge in [-0.2, -0.15) is 0 Å². The Morgan fingerprint density at radius 1 is 1.07 bits per heavy atom. The highest BCUT2D eigenvalue weighted by molar-refractivity contribution is 5.84. The molecule has 0 unspecified atom stereocenters.